The van der Waals surface area contributed by atoms with Crippen molar-refractivity contribution in [1.82, 2.24) is 19.9 Å². The van der Waals surface area contributed by atoms with E-state index in [1.165, 1.54) is 57.9 Å². The molecule has 2 N–H and O–H groups in total. The van der Waals surface area contributed by atoms with Gasteiger partial charge in [0, 0.05) is 24.0 Å². The van der Waals surface area contributed by atoms with E-state index in [1.807, 2.05) is 6.20 Å². The van der Waals surface area contributed by atoms with Crippen molar-refractivity contribution in [1.29, 1.82) is 0 Å². The predicted octanol–water partition coefficient (Wildman–Crippen LogP) is 4.06. The maximum absolute atomic E-state index is 4.55. The van der Waals surface area contributed by atoms with E-state index in [-0.39, 0.29) is 0 Å². The molecule has 0 spiro atoms. The zero-order valence-corrected chi connectivity index (χ0v) is 16.5. The minimum Gasteiger partial charge on any atom is -0.370 e. The molecule has 0 bridgehead atoms. The first-order valence-electron chi connectivity index (χ1n) is 10.6. The van der Waals surface area contributed by atoms with Crippen molar-refractivity contribution in [3.05, 3.63) is 18.6 Å². The maximum atomic E-state index is 4.55. The molecule has 1 saturated carbocycles. The number of hydrogen-bond donors (Lipinski definition) is 2. The molecule has 2 aliphatic rings. The van der Waals surface area contributed by atoms with Crippen LogP contribution in [0.3, 0.4) is 0 Å². The van der Waals surface area contributed by atoms with Crippen molar-refractivity contribution < 1.29 is 0 Å². The number of hydrogen-bond acceptors (Lipinski definition) is 6. The summed E-state index contributed by atoms with van der Waals surface area (Å²) in [6.07, 6.45) is 15.1. The van der Waals surface area contributed by atoms with Gasteiger partial charge in [-0.15, -0.1) is 0 Å². The van der Waals surface area contributed by atoms with E-state index in [0.717, 1.165) is 35.5 Å². The summed E-state index contributed by atoms with van der Waals surface area (Å²) in [6.45, 7) is 2.18. The van der Waals surface area contributed by atoms with Gasteiger partial charge in [-0.2, -0.15) is 0 Å². The molecule has 2 aromatic heterocycles. The first-order valence-corrected chi connectivity index (χ1v) is 10.6. The number of anilines is 2. The molecule has 2 aromatic rings. The van der Waals surface area contributed by atoms with E-state index >= 15 is 0 Å². The van der Waals surface area contributed by atoms with Gasteiger partial charge in [-0.05, 0) is 51.8 Å². The van der Waals surface area contributed by atoms with Crippen molar-refractivity contribution in [2.75, 3.05) is 30.8 Å². The quantitative estimate of drug-likeness (QED) is 0.750. The van der Waals surface area contributed by atoms with Crippen LogP contribution in [-0.2, 0) is 0 Å². The largest absolute Gasteiger partial charge is 0.370 e. The van der Waals surface area contributed by atoms with Crippen LogP contribution in [0.4, 0.5) is 11.6 Å². The van der Waals surface area contributed by atoms with Crippen LogP contribution in [0.15, 0.2) is 18.6 Å². The van der Waals surface area contributed by atoms with Gasteiger partial charge in [-0.1, -0.05) is 25.7 Å². The predicted molar refractivity (Wildman–Crippen MR) is 111 cm³/mol. The molecule has 6 nitrogen and oxygen atoms in total. The highest BCUT2D eigenvalue weighted by Crippen LogP contribution is 2.26. The number of aromatic nitrogens is 3. The van der Waals surface area contributed by atoms with Crippen molar-refractivity contribution in [3.63, 3.8) is 0 Å². The van der Waals surface area contributed by atoms with Crippen LogP contribution in [0.2, 0.25) is 0 Å². The summed E-state index contributed by atoms with van der Waals surface area (Å²) in [7, 11) is 2.23. The van der Waals surface area contributed by atoms with Crippen LogP contribution >= 0.6 is 0 Å². The molecule has 1 atom stereocenters. The molecule has 0 amide bonds. The Balaban J connectivity index is 1.43. The number of fused-ring (bicyclic) bond motifs is 1. The third-order valence-electron chi connectivity index (χ3n) is 6.17. The number of nitrogens with zero attached hydrogens (tertiary/aromatic N) is 4. The van der Waals surface area contributed by atoms with E-state index in [1.54, 1.807) is 6.33 Å². The van der Waals surface area contributed by atoms with E-state index in [0.29, 0.717) is 12.1 Å². The zero-order valence-electron chi connectivity index (χ0n) is 16.5. The molecule has 0 radical (unpaired) electrons. The Morgan fingerprint density at radius 1 is 1.04 bits per heavy atom. The summed E-state index contributed by atoms with van der Waals surface area (Å²) >= 11 is 0. The molecule has 2 fully saturated rings. The highest BCUT2D eigenvalue weighted by Gasteiger charge is 2.20. The molecular weight excluding hydrogens is 336 g/mol. The third kappa shape index (κ3) is 4.67. The van der Waals surface area contributed by atoms with Crippen LogP contribution in [0, 0.1) is 0 Å². The second-order valence-electron chi connectivity index (χ2n) is 8.13. The van der Waals surface area contributed by atoms with Crippen LogP contribution in [0.1, 0.15) is 57.8 Å². The lowest BCUT2D eigenvalue weighted by atomic mass is 10.1. The topological polar surface area (TPSA) is 66.0 Å². The first-order chi connectivity index (χ1) is 13.3. The SMILES string of the molecule is CN1CCCC1CCNc1cc2c(NC3CCCCCC3)ncnc2cn1. The molecule has 1 aliphatic carbocycles. The Hall–Kier alpha value is -1.95. The van der Waals surface area contributed by atoms with Crippen molar-refractivity contribution in [2.45, 2.75) is 69.9 Å². The normalized spacial score (nSPS) is 22.0. The number of pyridine rings is 1. The Kier molecular flexibility index (Phi) is 6.02. The minimum absolute atomic E-state index is 0.521. The third-order valence-corrected chi connectivity index (χ3v) is 6.17. The molecule has 1 saturated heterocycles. The summed E-state index contributed by atoms with van der Waals surface area (Å²) in [5.74, 6) is 1.87. The molecule has 146 valence electrons. The van der Waals surface area contributed by atoms with Crippen molar-refractivity contribution >= 4 is 22.5 Å². The van der Waals surface area contributed by atoms with Gasteiger partial charge in [-0.3, -0.25) is 0 Å². The lowest BCUT2D eigenvalue weighted by Crippen LogP contribution is -2.27. The van der Waals surface area contributed by atoms with Gasteiger partial charge in [0.15, 0.2) is 0 Å². The lowest BCUT2D eigenvalue weighted by Gasteiger charge is -2.20. The maximum Gasteiger partial charge on any atom is 0.137 e. The van der Waals surface area contributed by atoms with Crippen molar-refractivity contribution in [2.24, 2.45) is 0 Å². The van der Waals surface area contributed by atoms with Gasteiger partial charge >= 0.3 is 0 Å². The molecule has 0 aromatic carbocycles. The Labute approximate surface area is 162 Å². The van der Waals surface area contributed by atoms with Gasteiger partial charge in [-0.25, -0.2) is 15.0 Å². The average Bonchev–Trinajstić information content (AvgIpc) is 2.92. The Morgan fingerprint density at radius 3 is 2.67 bits per heavy atom. The van der Waals surface area contributed by atoms with Crippen LogP contribution in [-0.4, -0.2) is 52.1 Å². The van der Waals surface area contributed by atoms with E-state index < -0.39 is 0 Å². The molecule has 3 heterocycles. The number of rotatable bonds is 6. The number of likely N-dealkylation sites (tertiary alicyclic amines) is 1. The number of nitrogens with one attached hydrogen (secondary N) is 2. The summed E-state index contributed by atoms with van der Waals surface area (Å²) in [5.41, 5.74) is 0.905. The second kappa shape index (κ2) is 8.83. The fraction of sp³-hybridized carbons (Fsp3) is 0.667. The van der Waals surface area contributed by atoms with Crippen LogP contribution in [0.25, 0.3) is 10.9 Å². The highest BCUT2D eigenvalue weighted by atomic mass is 15.1. The van der Waals surface area contributed by atoms with Crippen LogP contribution < -0.4 is 10.6 Å². The summed E-state index contributed by atoms with van der Waals surface area (Å²) in [4.78, 5) is 16.0. The molecule has 1 unspecified atom stereocenters. The summed E-state index contributed by atoms with van der Waals surface area (Å²) in [5, 5.41) is 8.26. The molecule has 6 heteroatoms. The van der Waals surface area contributed by atoms with E-state index in [9.17, 15) is 0 Å². The molecule has 1 aliphatic heterocycles. The van der Waals surface area contributed by atoms with Gasteiger partial charge in [0.2, 0.25) is 0 Å². The average molecular weight is 369 g/mol. The smallest absolute Gasteiger partial charge is 0.137 e. The van der Waals surface area contributed by atoms with Gasteiger partial charge in [0.1, 0.15) is 18.0 Å². The highest BCUT2D eigenvalue weighted by molar-refractivity contribution is 5.90. The summed E-state index contributed by atoms with van der Waals surface area (Å²) < 4.78 is 0. The molecule has 4 rings (SSSR count). The van der Waals surface area contributed by atoms with Gasteiger partial charge in [0.05, 0.1) is 11.7 Å². The van der Waals surface area contributed by atoms with Crippen molar-refractivity contribution in [3.8, 4) is 0 Å². The fourth-order valence-corrected chi connectivity index (χ4v) is 4.50. The Morgan fingerprint density at radius 2 is 1.89 bits per heavy atom. The van der Waals surface area contributed by atoms with E-state index in [4.69, 9.17) is 0 Å². The fourth-order valence-electron chi connectivity index (χ4n) is 4.50. The lowest BCUT2D eigenvalue weighted by molar-refractivity contribution is 0.301. The summed E-state index contributed by atoms with van der Waals surface area (Å²) in [6, 6.07) is 3.33. The van der Waals surface area contributed by atoms with Gasteiger partial charge < -0.3 is 15.5 Å². The van der Waals surface area contributed by atoms with E-state index in [2.05, 4.69) is 43.6 Å². The standard InChI is InChI=1S/C21H32N6/c1-27-12-6-9-17(27)10-11-22-20-13-18-19(14-23-20)24-15-25-21(18)26-16-7-4-2-3-5-8-16/h13-17H,2-12H2,1H3,(H,22,23)(H,24,25,26). The zero-order chi connectivity index (χ0) is 18.5. The minimum atomic E-state index is 0.521. The second-order valence-corrected chi connectivity index (χ2v) is 8.13. The molecule has 27 heavy (non-hydrogen) atoms. The molecular formula is C21H32N6. The van der Waals surface area contributed by atoms with Gasteiger partial charge in [0.25, 0.3) is 0 Å². The van der Waals surface area contributed by atoms with Crippen LogP contribution in [0.5, 0.6) is 0 Å². The Bertz CT molecular complexity index is 741. The monoisotopic (exact) mass is 368 g/mol. The first kappa shape index (κ1) is 18.4.